The van der Waals surface area contributed by atoms with Crippen LogP contribution in [0.2, 0.25) is 15.1 Å². The van der Waals surface area contributed by atoms with Crippen LogP contribution in [0.15, 0.2) is 23.7 Å². The topological polar surface area (TPSA) is 42.2 Å². The summed E-state index contributed by atoms with van der Waals surface area (Å²) < 4.78 is 1.68. The van der Waals surface area contributed by atoms with Crippen LogP contribution in [-0.4, -0.2) is 15.6 Å². The van der Waals surface area contributed by atoms with E-state index >= 15 is 0 Å². The Morgan fingerprint density at radius 3 is 2.48 bits per heavy atom. The third kappa shape index (κ3) is 2.87. The molecule has 0 saturated heterocycles. The second kappa shape index (κ2) is 6.19. The van der Waals surface area contributed by atoms with Gasteiger partial charge >= 0.3 is 0 Å². The number of nitrogens with zero attached hydrogens (tertiary/aromatic N) is 3. The van der Waals surface area contributed by atoms with Gasteiger partial charge in [-0.1, -0.05) is 54.7 Å². The van der Waals surface area contributed by atoms with Crippen molar-refractivity contribution in [2.75, 3.05) is 0 Å². The molecule has 1 aliphatic rings. The Balaban J connectivity index is 2.31. The van der Waals surface area contributed by atoms with Crippen molar-refractivity contribution in [3.63, 3.8) is 0 Å². The van der Waals surface area contributed by atoms with E-state index in [-0.39, 0.29) is 0 Å². The number of benzene rings is 1. The highest BCUT2D eigenvalue weighted by Gasteiger charge is 2.26. The number of amidine groups is 1. The summed E-state index contributed by atoms with van der Waals surface area (Å²) in [6.45, 7) is 8.05. The highest BCUT2D eigenvalue weighted by atomic mass is 35.5. The van der Waals surface area contributed by atoms with Crippen LogP contribution >= 0.6 is 34.8 Å². The number of nitrogens with one attached hydrogen (secondary N) is 1. The van der Waals surface area contributed by atoms with E-state index < -0.39 is 0 Å². The van der Waals surface area contributed by atoms with Gasteiger partial charge in [0.25, 0.3) is 0 Å². The third-order valence-electron chi connectivity index (χ3n) is 3.52. The highest BCUT2D eigenvalue weighted by molar-refractivity contribution is 6.40. The minimum atomic E-state index is 0.424. The Hall–Kier alpha value is -1.49. The van der Waals surface area contributed by atoms with Crippen molar-refractivity contribution in [3.8, 4) is 5.69 Å². The lowest BCUT2D eigenvalue weighted by atomic mass is 10.1. The molecule has 0 fully saturated rings. The number of rotatable bonds is 3. The predicted molar refractivity (Wildman–Crippen MR) is 97.5 cm³/mol. The molecule has 1 aromatic carbocycles. The van der Waals surface area contributed by atoms with Crippen molar-refractivity contribution >= 4 is 52.2 Å². The molecule has 0 amide bonds. The van der Waals surface area contributed by atoms with Gasteiger partial charge in [0.15, 0.2) is 5.82 Å². The molecule has 4 nitrogen and oxygen atoms in total. The second-order valence-corrected chi connectivity index (χ2v) is 6.58. The summed E-state index contributed by atoms with van der Waals surface area (Å²) in [6, 6.07) is 3.29. The summed E-state index contributed by atoms with van der Waals surface area (Å²) in [5.74, 6) is 1.42. The quantitative estimate of drug-likeness (QED) is 0.786. The predicted octanol–water partition coefficient (Wildman–Crippen LogP) is 5.41. The monoisotopic (exact) mass is 368 g/mol. The first-order valence-electron chi connectivity index (χ1n) is 7.20. The lowest BCUT2D eigenvalue weighted by Crippen LogP contribution is -2.21. The molecule has 1 aromatic heterocycles. The molecule has 2 heterocycles. The van der Waals surface area contributed by atoms with Crippen LogP contribution in [0, 0.1) is 0 Å². The molecule has 0 bridgehead atoms. The molecule has 0 unspecified atom stereocenters. The zero-order valence-electron chi connectivity index (χ0n) is 12.8. The number of aliphatic imine (C=N–C) groups is 1. The van der Waals surface area contributed by atoms with E-state index in [2.05, 4.69) is 28.9 Å². The average Bonchev–Trinajstić information content (AvgIpc) is 2.77. The van der Waals surface area contributed by atoms with E-state index in [0.717, 1.165) is 35.6 Å². The molecule has 0 radical (unpaired) electrons. The molecular weight excluding hydrogens is 355 g/mol. The van der Waals surface area contributed by atoms with E-state index in [0.29, 0.717) is 26.6 Å². The van der Waals surface area contributed by atoms with E-state index in [1.165, 1.54) is 0 Å². The van der Waals surface area contributed by atoms with Gasteiger partial charge in [-0.15, -0.1) is 0 Å². The van der Waals surface area contributed by atoms with Crippen LogP contribution in [0.5, 0.6) is 0 Å². The second-order valence-electron chi connectivity index (χ2n) is 5.33. The summed E-state index contributed by atoms with van der Waals surface area (Å²) in [4.78, 5) is 4.58. The SMILES string of the molecule is C=C1NC(C)=Nc2c1c(CCC)nn2-c1c(Cl)cc(Cl)cc1Cl. The van der Waals surface area contributed by atoms with Crippen molar-refractivity contribution in [1.82, 2.24) is 15.1 Å². The molecule has 120 valence electrons. The highest BCUT2D eigenvalue weighted by Crippen LogP contribution is 2.39. The summed E-state index contributed by atoms with van der Waals surface area (Å²) in [5.41, 5.74) is 3.17. The van der Waals surface area contributed by atoms with Gasteiger partial charge in [0, 0.05) is 10.7 Å². The molecule has 1 N–H and O–H groups in total. The van der Waals surface area contributed by atoms with E-state index in [1.807, 2.05) is 6.92 Å². The molecule has 1 aliphatic heterocycles. The smallest absolute Gasteiger partial charge is 0.167 e. The van der Waals surface area contributed by atoms with Gasteiger partial charge < -0.3 is 5.32 Å². The van der Waals surface area contributed by atoms with Gasteiger partial charge in [-0.05, 0) is 25.5 Å². The van der Waals surface area contributed by atoms with Crippen molar-refractivity contribution in [2.24, 2.45) is 4.99 Å². The first kappa shape index (κ1) is 16.4. The average molecular weight is 370 g/mol. The first-order chi connectivity index (χ1) is 10.9. The van der Waals surface area contributed by atoms with E-state index in [9.17, 15) is 0 Å². The minimum Gasteiger partial charge on any atom is -0.344 e. The Kier molecular flexibility index (Phi) is 4.41. The van der Waals surface area contributed by atoms with E-state index in [1.54, 1.807) is 16.8 Å². The fourth-order valence-electron chi connectivity index (χ4n) is 2.64. The van der Waals surface area contributed by atoms with Crippen LogP contribution in [0.3, 0.4) is 0 Å². The Morgan fingerprint density at radius 2 is 1.87 bits per heavy atom. The first-order valence-corrected chi connectivity index (χ1v) is 8.34. The van der Waals surface area contributed by atoms with Crippen molar-refractivity contribution < 1.29 is 0 Å². The number of aromatic nitrogens is 2. The maximum atomic E-state index is 6.35. The van der Waals surface area contributed by atoms with Crippen LogP contribution in [0.4, 0.5) is 5.82 Å². The van der Waals surface area contributed by atoms with Gasteiger partial charge in [-0.3, -0.25) is 0 Å². The zero-order chi connectivity index (χ0) is 16.7. The van der Waals surface area contributed by atoms with Crippen molar-refractivity contribution in [2.45, 2.75) is 26.7 Å². The fourth-order valence-corrected chi connectivity index (χ4v) is 3.61. The number of halogens is 3. The van der Waals surface area contributed by atoms with Gasteiger partial charge in [-0.2, -0.15) is 5.10 Å². The minimum absolute atomic E-state index is 0.424. The van der Waals surface area contributed by atoms with Crippen LogP contribution < -0.4 is 5.32 Å². The number of hydrogen-bond acceptors (Lipinski definition) is 3. The zero-order valence-corrected chi connectivity index (χ0v) is 15.0. The molecular formula is C16H15Cl3N4. The van der Waals surface area contributed by atoms with Gasteiger partial charge in [0.05, 0.1) is 21.3 Å². The van der Waals surface area contributed by atoms with Crippen molar-refractivity contribution in [1.29, 1.82) is 0 Å². The third-order valence-corrected chi connectivity index (χ3v) is 4.32. The molecule has 0 spiro atoms. The molecule has 3 rings (SSSR count). The summed E-state index contributed by atoms with van der Waals surface area (Å²) in [6.07, 6.45) is 1.77. The lowest BCUT2D eigenvalue weighted by molar-refractivity contribution is 0.807. The number of hydrogen-bond donors (Lipinski definition) is 1. The molecule has 0 atom stereocenters. The lowest BCUT2D eigenvalue weighted by Gasteiger charge is -2.17. The Bertz CT molecular complexity index is 813. The Morgan fingerprint density at radius 1 is 1.22 bits per heavy atom. The summed E-state index contributed by atoms with van der Waals surface area (Å²) in [5, 5.41) is 9.16. The van der Waals surface area contributed by atoms with Crippen LogP contribution in [0.1, 0.15) is 31.5 Å². The normalized spacial score (nSPS) is 13.6. The van der Waals surface area contributed by atoms with Gasteiger partial charge in [-0.25, -0.2) is 9.67 Å². The molecule has 2 aromatic rings. The van der Waals surface area contributed by atoms with Crippen molar-refractivity contribution in [3.05, 3.63) is 45.0 Å². The van der Waals surface area contributed by atoms with Gasteiger partial charge in [0.1, 0.15) is 11.5 Å². The molecule has 23 heavy (non-hydrogen) atoms. The maximum Gasteiger partial charge on any atom is 0.167 e. The van der Waals surface area contributed by atoms with Gasteiger partial charge in [0.2, 0.25) is 0 Å². The maximum absolute atomic E-state index is 6.35. The van der Waals surface area contributed by atoms with Crippen LogP contribution in [-0.2, 0) is 6.42 Å². The fraction of sp³-hybridized carbons (Fsp3) is 0.250. The van der Waals surface area contributed by atoms with E-state index in [4.69, 9.17) is 34.8 Å². The molecule has 0 aliphatic carbocycles. The number of aryl methyl sites for hydroxylation is 1. The summed E-state index contributed by atoms with van der Waals surface area (Å²) >= 11 is 18.7. The standard InChI is InChI=1S/C16H15Cl3N4/c1-4-5-13-14-8(2)20-9(3)21-16(14)23(22-13)15-11(18)6-10(17)7-12(15)19/h6-7H,2,4-5H2,1,3H3,(H,20,21). The number of fused-ring (bicyclic) bond motifs is 1. The largest absolute Gasteiger partial charge is 0.344 e. The Labute approximate surface area is 149 Å². The summed E-state index contributed by atoms with van der Waals surface area (Å²) in [7, 11) is 0. The molecule has 7 heteroatoms. The molecule has 0 saturated carbocycles. The van der Waals surface area contributed by atoms with Crippen LogP contribution in [0.25, 0.3) is 11.4 Å².